The van der Waals surface area contributed by atoms with Gasteiger partial charge in [0.15, 0.2) is 0 Å². The van der Waals surface area contributed by atoms with E-state index in [1.165, 1.54) is 56.5 Å². The monoisotopic (exact) mass is 413 g/mol. The molecule has 0 aliphatic rings. The number of methoxy groups -OCH3 is 1. The molecule has 0 aliphatic carbocycles. The Bertz CT molecular complexity index is 1070. The number of nitrogens with one attached hydrogen (secondary N) is 3. The minimum atomic E-state index is -3.99. The molecule has 0 aromatic heterocycles. The van der Waals surface area contributed by atoms with Crippen molar-refractivity contribution in [1.29, 1.82) is 0 Å². The summed E-state index contributed by atoms with van der Waals surface area (Å²) in [5.74, 6) is -0.0705. The van der Waals surface area contributed by atoms with Crippen molar-refractivity contribution in [2.75, 3.05) is 28.1 Å². The maximum atomic E-state index is 12.6. The van der Waals surface area contributed by atoms with Gasteiger partial charge in [0.05, 0.1) is 35.3 Å². The van der Waals surface area contributed by atoms with Gasteiger partial charge in [-0.05, 0) is 36.4 Å². The smallest absolute Gasteiger partial charge is 0.261 e. The first-order chi connectivity index (χ1) is 12.5. The number of carbonyl (C=O) groups excluding carboxylic acids is 1. The molecule has 1 amide bonds. The van der Waals surface area contributed by atoms with Gasteiger partial charge in [0.25, 0.3) is 10.0 Å². The molecule has 0 aliphatic heterocycles. The average molecular weight is 413 g/mol. The van der Waals surface area contributed by atoms with Gasteiger partial charge in [0.2, 0.25) is 15.9 Å². The lowest BCUT2D eigenvalue weighted by molar-refractivity contribution is -0.114. The number of rotatable bonds is 7. The fourth-order valence-corrected chi connectivity index (χ4v) is 3.85. The van der Waals surface area contributed by atoms with Gasteiger partial charge < -0.3 is 10.1 Å². The van der Waals surface area contributed by atoms with Crippen LogP contribution in [0.25, 0.3) is 0 Å². The maximum Gasteiger partial charge on any atom is 0.261 e. The van der Waals surface area contributed by atoms with E-state index in [0.717, 1.165) is 6.26 Å². The zero-order valence-corrected chi connectivity index (χ0v) is 16.4. The highest BCUT2D eigenvalue weighted by Crippen LogP contribution is 2.28. The predicted octanol–water partition coefficient (Wildman–Crippen LogP) is 1.83. The van der Waals surface area contributed by atoms with Crippen LogP contribution in [0.15, 0.2) is 47.4 Å². The number of benzene rings is 2. The van der Waals surface area contributed by atoms with Crippen LogP contribution in [0, 0.1) is 0 Å². The quantitative estimate of drug-likeness (QED) is 0.635. The Morgan fingerprint density at radius 2 is 1.59 bits per heavy atom. The van der Waals surface area contributed by atoms with Crippen LogP contribution in [-0.4, -0.2) is 36.1 Å². The molecule has 0 spiro atoms. The third-order valence-corrected chi connectivity index (χ3v) is 5.20. The number of hydrogen-bond acceptors (Lipinski definition) is 6. The largest absolute Gasteiger partial charge is 0.495 e. The highest BCUT2D eigenvalue weighted by molar-refractivity contribution is 7.92. The van der Waals surface area contributed by atoms with Gasteiger partial charge in [-0.2, -0.15) is 0 Å². The fourth-order valence-electron chi connectivity index (χ4n) is 2.22. The molecular formula is C16H19N3O6S2. The van der Waals surface area contributed by atoms with Crippen LogP contribution in [0.2, 0.25) is 0 Å². The van der Waals surface area contributed by atoms with Crippen molar-refractivity contribution in [1.82, 2.24) is 0 Å². The second-order valence-electron chi connectivity index (χ2n) is 5.60. The zero-order valence-electron chi connectivity index (χ0n) is 14.8. The fraction of sp³-hybridized carbons (Fsp3) is 0.188. The molecule has 0 unspecified atom stereocenters. The van der Waals surface area contributed by atoms with Gasteiger partial charge in [-0.1, -0.05) is 6.07 Å². The van der Waals surface area contributed by atoms with Gasteiger partial charge in [0, 0.05) is 6.92 Å². The highest BCUT2D eigenvalue weighted by Gasteiger charge is 2.18. The summed E-state index contributed by atoms with van der Waals surface area (Å²) in [4.78, 5) is 11.2. The Balaban J connectivity index is 2.34. The lowest BCUT2D eigenvalue weighted by Gasteiger charge is -2.13. The molecule has 0 atom stereocenters. The van der Waals surface area contributed by atoms with E-state index in [-0.39, 0.29) is 27.9 Å². The summed E-state index contributed by atoms with van der Waals surface area (Å²) in [6, 6.07) is 9.82. The Morgan fingerprint density at radius 1 is 0.963 bits per heavy atom. The molecule has 27 heavy (non-hydrogen) atoms. The van der Waals surface area contributed by atoms with Crippen LogP contribution >= 0.6 is 0 Å². The second kappa shape index (κ2) is 7.84. The maximum absolute atomic E-state index is 12.6. The van der Waals surface area contributed by atoms with E-state index in [1.807, 2.05) is 0 Å². The molecule has 2 aromatic rings. The number of hydrogen-bond donors (Lipinski definition) is 3. The minimum absolute atomic E-state index is 0.103. The van der Waals surface area contributed by atoms with Gasteiger partial charge in [0.1, 0.15) is 5.75 Å². The van der Waals surface area contributed by atoms with Gasteiger partial charge in [-0.15, -0.1) is 0 Å². The lowest BCUT2D eigenvalue weighted by Crippen LogP contribution is -2.15. The molecule has 146 valence electrons. The van der Waals surface area contributed by atoms with E-state index in [2.05, 4.69) is 14.8 Å². The van der Waals surface area contributed by atoms with Gasteiger partial charge in [-0.3, -0.25) is 14.2 Å². The first-order valence-electron chi connectivity index (χ1n) is 7.56. The molecule has 0 saturated carbocycles. The molecule has 0 radical (unpaired) electrons. The van der Waals surface area contributed by atoms with Crippen molar-refractivity contribution in [3.05, 3.63) is 42.5 Å². The van der Waals surface area contributed by atoms with Gasteiger partial charge >= 0.3 is 0 Å². The summed E-state index contributed by atoms with van der Waals surface area (Å²) in [6.07, 6.45) is 0.991. The Morgan fingerprint density at radius 3 is 2.15 bits per heavy atom. The lowest BCUT2D eigenvalue weighted by atomic mass is 10.3. The standard InChI is InChI=1S/C16H19N3O6S2/c1-11(20)17-15-10-14(7-8-16(15)25-2)27(23,24)19-13-6-4-5-12(9-13)18-26(3,21)22/h4-10,18-19H,1-3H3,(H,17,20). The molecule has 11 heteroatoms. The van der Waals surface area contributed by atoms with Crippen LogP contribution in [0.3, 0.4) is 0 Å². The molecular weight excluding hydrogens is 394 g/mol. The van der Waals surface area contributed by atoms with Gasteiger partial charge in [-0.25, -0.2) is 16.8 Å². The number of carbonyl (C=O) groups is 1. The van der Waals surface area contributed by atoms with E-state index >= 15 is 0 Å². The molecule has 3 N–H and O–H groups in total. The Kier molecular flexibility index (Phi) is 5.96. The van der Waals surface area contributed by atoms with Crippen molar-refractivity contribution in [2.24, 2.45) is 0 Å². The Labute approximate surface area is 157 Å². The van der Waals surface area contributed by atoms with Crippen LogP contribution in [0.5, 0.6) is 5.75 Å². The summed E-state index contributed by atoms with van der Waals surface area (Å²) >= 11 is 0. The van der Waals surface area contributed by atoms with Crippen LogP contribution in [0.4, 0.5) is 17.1 Å². The van der Waals surface area contributed by atoms with Crippen LogP contribution in [-0.2, 0) is 24.8 Å². The molecule has 2 aromatic carbocycles. The van der Waals surface area contributed by atoms with Crippen LogP contribution < -0.4 is 19.5 Å². The summed E-state index contributed by atoms with van der Waals surface area (Å²) in [5, 5.41) is 2.50. The number of amides is 1. The third kappa shape index (κ3) is 5.86. The highest BCUT2D eigenvalue weighted by atomic mass is 32.2. The first-order valence-corrected chi connectivity index (χ1v) is 10.9. The van der Waals surface area contributed by atoms with E-state index in [1.54, 1.807) is 0 Å². The molecule has 9 nitrogen and oxygen atoms in total. The third-order valence-electron chi connectivity index (χ3n) is 3.21. The first kappa shape index (κ1) is 20.5. The van der Waals surface area contributed by atoms with Crippen molar-refractivity contribution >= 4 is 43.0 Å². The Hall–Kier alpha value is -2.79. The van der Waals surface area contributed by atoms with E-state index < -0.39 is 20.0 Å². The van der Waals surface area contributed by atoms with Crippen molar-refractivity contribution in [2.45, 2.75) is 11.8 Å². The van der Waals surface area contributed by atoms with Crippen molar-refractivity contribution in [3.63, 3.8) is 0 Å². The minimum Gasteiger partial charge on any atom is -0.495 e. The number of sulfonamides is 2. The zero-order chi connectivity index (χ0) is 20.2. The molecule has 0 bridgehead atoms. The van der Waals surface area contributed by atoms with E-state index in [0.29, 0.717) is 5.75 Å². The number of ether oxygens (including phenoxy) is 1. The molecule has 0 saturated heterocycles. The molecule has 0 heterocycles. The van der Waals surface area contributed by atoms with Crippen molar-refractivity contribution in [3.8, 4) is 5.75 Å². The summed E-state index contributed by atoms with van der Waals surface area (Å²) in [6.45, 7) is 1.29. The van der Waals surface area contributed by atoms with E-state index in [9.17, 15) is 21.6 Å². The summed E-state index contributed by atoms with van der Waals surface area (Å²) in [7, 11) is -6.09. The van der Waals surface area contributed by atoms with Crippen LogP contribution in [0.1, 0.15) is 6.92 Å². The summed E-state index contributed by atoms with van der Waals surface area (Å²) < 4.78 is 57.6. The van der Waals surface area contributed by atoms with E-state index in [4.69, 9.17) is 4.74 Å². The average Bonchev–Trinajstić information content (AvgIpc) is 2.52. The normalized spacial score (nSPS) is 11.5. The SMILES string of the molecule is COc1ccc(S(=O)(=O)Nc2cccc(NS(C)(=O)=O)c2)cc1NC(C)=O. The van der Waals surface area contributed by atoms with Crippen molar-refractivity contribution < 1.29 is 26.4 Å². The topological polar surface area (TPSA) is 131 Å². The second-order valence-corrected chi connectivity index (χ2v) is 9.03. The number of anilines is 3. The predicted molar refractivity (Wildman–Crippen MR) is 103 cm³/mol. The summed E-state index contributed by atoms with van der Waals surface area (Å²) in [5.41, 5.74) is 0.590. The molecule has 0 fully saturated rings. The molecule has 2 rings (SSSR count).